The molecule has 0 aliphatic carbocycles. The highest BCUT2D eigenvalue weighted by molar-refractivity contribution is 5.89. The summed E-state index contributed by atoms with van der Waals surface area (Å²) >= 11 is 0. The molecule has 3 nitrogen and oxygen atoms in total. The van der Waals surface area contributed by atoms with Crippen molar-refractivity contribution in [3.8, 4) is 16.9 Å². The summed E-state index contributed by atoms with van der Waals surface area (Å²) in [6, 6.07) is 15.1. The molecule has 0 spiro atoms. The summed E-state index contributed by atoms with van der Waals surface area (Å²) in [7, 11) is 0. The molecule has 27 heavy (non-hydrogen) atoms. The molecule has 2 aromatic rings. The van der Waals surface area contributed by atoms with Crippen LogP contribution in [0.1, 0.15) is 75.1 Å². The molecule has 0 aromatic heterocycles. The van der Waals surface area contributed by atoms with Gasteiger partial charge in [-0.05, 0) is 30.2 Å². The van der Waals surface area contributed by atoms with E-state index in [1.807, 2.05) is 36.4 Å². The molecule has 2 rings (SSSR count). The SMILES string of the molecule is CCCCCCCCCCCOc1cc(C(=O)O)ccc1-c1ccccc1. The highest BCUT2D eigenvalue weighted by atomic mass is 16.5. The van der Waals surface area contributed by atoms with Gasteiger partial charge in [-0.25, -0.2) is 4.79 Å². The molecule has 0 bridgehead atoms. The fourth-order valence-electron chi connectivity index (χ4n) is 3.23. The van der Waals surface area contributed by atoms with Gasteiger partial charge in [0.1, 0.15) is 5.75 Å². The second kappa shape index (κ2) is 12.2. The van der Waals surface area contributed by atoms with Crippen LogP contribution in [0.5, 0.6) is 5.75 Å². The lowest BCUT2D eigenvalue weighted by atomic mass is 10.0. The van der Waals surface area contributed by atoms with Gasteiger partial charge in [0.05, 0.1) is 12.2 Å². The summed E-state index contributed by atoms with van der Waals surface area (Å²) < 4.78 is 5.98. The van der Waals surface area contributed by atoms with E-state index in [-0.39, 0.29) is 5.56 Å². The Bertz CT molecular complexity index is 679. The molecule has 1 N–H and O–H groups in total. The lowest BCUT2D eigenvalue weighted by molar-refractivity contribution is 0.0696. The number of rotatable bonds is 13. The molecule has 0 heterocycles. The number of hydrogen-bond acceptors (Lipinski definition) is 2. The quantitative estimate of drug-likeness (QED) is 0.389. The lowest BCUT2D eigenvalue weighted by Gasteiger charge is -2.13. The maximum absolute atomic E-state index is 11.3. The highest BCUT2D eigenvalue weighted by Crippen LogP contribution is 2.31. The van der Waals surface area contributed by atoms with E-state index in [0.717, 1.165) is 24.0 Å². The Kier molecular flexibility index (Phi) is 9.47. The lowest BCUT2D eigenvalue weighted by Crippen LogP contribution is -2.02. The number of ether oxygens (including phenoxy) is 1. The second-order valence-electron chi connectivity index (χ2n) is 7.06. The molecule has 0 saturated carbocycles. The number of unbranched alkanes of at least 4 members (excludes halogenated alkanes) is 8. The Morgan fingerprint density at radius 1 is 0.852 bits per heavy atom. The van der Waals surface area contributed by atoms with Crippen molar-refractivity contribution in [3.05, 3.63) is 54.1 Å². The van der Waals surface area contributed by atoms with Crippen LogP contribution in [0.4, 0.5) is 0 Å². The van der Waals surface area contributed by atoms with Gasteiger partial charge in [-0.3, -0.25) is 0 Å². The first-order valence-corrected chi connectivity index (χ1v) is 10.3. The van der Waals surface area contributed by atoms with E-state index in [4.69, 9.17) is 4.74 Å². The fourth-order valence-corrected chi connectivity index (χ4v) is 3.23. The van der Waals surface area contributed by atoms with Crippen LogP contribution < -0.4 is 4.74 Å². The largest absolute Gasteiger partial charge is 0.493 e. The van der Waals surface area contributed by atoms with Crippen LogP contribution in [-0.4, -0.2) is 17.7 Å². The van der Waals surface area contributed by atoms with E-state index < -0.39 is 5.97 Å². The number of hydrogen-bond donors (Lipinski definition) is 1. The molecule has 0 aliphatic heterocycles. The van der Waals surface area contributed by atoms with Gasteiger partial charge in [-0.15, -0.1) is 0 Å². The van der Waals surface area contributed by atoms with E-state index >= 15 is 0 Å². The molecule has 0 saturated heterocycles. The van der Waals surface area contributed by atoms with Gasteiger partial charge in [0.25, 0.3) is 0 Å². The third kappa shape index (κ3) is 7.46. The Balaban J connectivity index is 1.82. The van der Waals surface area contributed by atoms with Crippen LogP contribution in [0.15, 0.2) is 48.5 Å². The van der Waals surface area contributed by atoms with Crippen LogP contribution in [0.25, 0.3) is 11.1 Å². The summed E-state index contributed by atoms with van der Waals surface area (Å²) in [4.78, 5) is 11.3. The normalized spacial score (nSPS) is 10.7. The van der Waals surface area contributed by atoms with Crippen LogP contribution in [0, 0.1) is 0 Å². The minimum atomic E-state index is -0.928. The zero-order chi connectivity index (χ0) is 19.3. The zero-order valence-electron chi connectivity index (χ0n) is 16.5. The highest BCUT2D eigenvalue weighted by Gasteiger charge is 2.11. The number of carbonyl (C=O) groups is 1. The maximum Gasteiger partial charge on any atom is 0.335 e. The van der Waals surface area contributed by atoms with Gasteiger partial charge in [0, 0.05) is 5.56 Å². The third-order valence-corrected chi connectivity index (χ3v) is 4.82. The van der Waals surface area contributed by atoms with Gasteiger partial charge in [0.15, 0.2) is 0 Å². The molecule has 0 radical (unpaired) electrons. The van der Waals surface area contributed by atoms with Crippen LogP contribution >= 0.6 is 0 Å². The topological polar surface area (TPSA) is 46.5 Å². The maximum atomic E-state index is 11.3. The molecule has 146 valence electrons. The Morgan fingerprint density at radius 3 is 2.11 bits per heavy atom. The van der Waals surface area contributed by atoms with E-state index in [2.05, 4.69) is 6.92 Å². The van der Waals surface area contributed by atoms with Crippen LogP contribution in [-0.2, 0) is 0 Å². The van der Waals surface area contributed by atoms with Gasteiger partial charge < -0.3 is 9.84 Å². The second-order valence-corrected chi connectivity index (χ2v) is 7.06. The number of benzene rings is 2. The summed E-state index contributed by atoms with van der Waals surface area (Å²) in [5, 5.41) is 9.26. The molecule has 0 aliphatic rings. The number of carboxylic acid groups (broad SMARTS) is 1. The van der Waals surface area contributed by atoms with Crippen LogP contribution in [0.3, 0.4) is 0 Å². The third-order valence-electron chi connectivity index (χ3n) is 4.82. The average Bonchev–Trinajstić information content (AvgIpc) is 2.70. The summed E-state index contributed by atoms with van der Waals surface area (Å²) in [6.45, 7) is 2.87. The Hall–Kier alpha value is -2.29. The molecule has 3 heteroatoms. The predicted octanol–water partition coefficient (Wildman–Crippen LogP) is 6.96. The predicted molar refractivity (Wildman–Crippen MR) is 112 cm³/mol. The molecule has 2 aromatic carbocycles. The van der Waals surface area contributed by atoms with Crippen molar-refractivity contribution in [3.63, 3.8) is 0 Å². The number of aromatic carboxylic acids is 1. The van der Waals surface area contributed by atoms with Crippen molar-refractivity contribution >= 4 is 5.97 Å². The van der Waals surface area contributed by atoms with Crippen molar-refractivity contribution in [2.45, 2.75) is 64.7 Å². The van der Waals surface area contributed by atoms with E-state index in [0.29, 0.717) is 12.4 Å². The molecule has 0 atom stereocenters. The molecule has 0 fully saturated rings. The van der Waals surface area contributed by atoms with Gasteiger partial charge in [-0.2, -0.15) is 0 Å². The first kappa shape index (κ1) is 21.0. The van der Waals surface area contributed by atoms with Crippen molar-refractivity contribution in [1.29, 1.82) is 0 Å². The first-order chi connectivity index (χ1) is 13.2. The average molecular weight is 369 g/mol. The van der Waals surface area contributed by atoms with Gasteiger partial charge in [-0.1, -0.05) is 88.6 Å². The Morgan fingerprint density at radius 2 is 1.48 bits per heavy atom. The minimum absolute atomic E-state index is 0.261. The van der Waals surface area contributed by atoms with Crippen molar-refractivity contribution in [2.75, 3.05) is 6.61 Å². The summed E-state index contributed by atoms with van der Waals surface area (Å²) in [5.74, 6) is -0.275. The molecular weight excluding hydrogens is 336 g/mol. The Labute approximate surface area is 163 Å². The first-order valence-electron chi connectivity index (χ1n) is 10.3. The van der Waals surface area contributed by atoms with E-state index in [9.17, 15) is 9.90 Å². The van der Waals surface area contributed by atoms with Gasteiger partial charge in [0.2, 0.25) is 0 Å². The minimum Gasteiger partial charge on any atom is -0.493 e. The smallest absolute Gasteiger partial charge is 0.335 e. The summed E-state index contributed by atoms with van der Waals surface area (Å²) in [6.07, 6.45) is 11.4. The van der Waals surface area contributed by atoms with E-state index in [1.165, 1.54) is 44.9 Å². The standard InChI is InChI=1S/C24H32O3/c1-2-3-4-5-6-7-8-9-13-18-27-23-19-21(24(25)26)16-17-22(23)20-14-11-10-12-15-20/h10-12,14-17,19H,2-9,13,18H2,1H3,(H,25,26). The fraction of sp³-hybridized carbons (Fsp3) is 0.458. The zero-order valence-corrected chi connectivity index (χ0v) is 16.5. The van der Waals surface area contributed by atoms with E-state index in [1.54, 1.807) is 12.1 Å². The number of carboxylic acids is 1. The monoisotopic (exact) mass is 368 g/mol. The van der Waals surface area contributed by atoms with Gasteiger partial charge >= 0.3 is 5.97 Å². The molecule has 0 unspecified atom stereocenters. The van der Waals surface area contributed by atoms with Crippen molar-refractivity contribution < 1.29 is 14.6 Å². The van der Waals surface area contributed by atoms with Crippen molar-refractivity contribution in [1.82, 2.24) is 0 Å². The van der Waals surface area contributed by atoms with Crippen molar-refractivity contribution in [2.24, 2.45) is 0 Å². The molecular formula is C24H32O3. The summed E-state index contributed by atoms with van der Waals surface area (Å²) in [5.41, 5.74) is 2.24. The molecule has 0 amide bonds. The van der Waals surface area contributed by atoms with Crippen LogP contribution in [0.2, 0.25) is 0 Å².